The lowest BCUT2D eigenvalue weighted by atomic mass is 10.0. The van der Waals surface area contributed by atoms with Crippen molar-refractivity contribution < 1.29 is 0 Å². The molecule has 0 heteroatoms. The Morgan fingerprint density at radius 2 is 1.93 bits per heavy atom. The lowest BCUT2D eigenvalue weighted by Crippen LogP contribution is -1.79. The summed E-state index contributed by atoms with van der Waals surface area (Å²) in [5, 5.41) is 0. The van der Waals surface area contributed by atoms with Crippen molar-refractivity contribution in [3.8, 4) is 0 Å². The first-order chi connectivity index (χ1) is 7.24. The first-order valence-electron chi connectivity index (χ1n) is 5.29. The van der Waals surface area contributed by atoms with Crippen molar-refractivity contribution >= 4 is 5.57 Å². The molecule has 0 radical (unpaired) electrons. The van der Waals surface area contributed by atoms with Crippen LogP contribution in [0.25, 0.3) is 5.57 Å². The van der Waals surface area contributed by atoms with E-state index in [4.69, 9.17) is 0 Å². The van der Waals surface area contributed by atoms with Gasteiger partial charge < -0.3 is 0 Å². The monoisotopic (exact) mass is 200 g/mol. The summed E-state index contributed by atoms with van der Waals surface area (Å²) in [6, 6.07) is 8.30. The Bertz CT molecular complexity index is 343. The highest BCUT2D eigenvalue weighted by Gasteiger charge is 1.93. The Morgan fingerprint density at radius 1 is 1.27 bits per heavy atom. The zero-order chi connectivity index (χ0) is 11.7. The predicted octanol–water partition coefficient (Wildman–Crippen LogP) is 4.78. The van der Waals surface area contributed by atoms with E-state index in [-0.39, 0.29) is 0 Å². The van der Waals surface area contributed by atoms with E-state index in [1.807, 2.05) is 32.1 Å². The fourth-order valence-electron chi connectivity index (χ4n) is 1.13. The fourth-order valence-corrected chi connectivity index (χ4v) is 1.13. The molecule has 1 aromatic rings. The molecule has 0 aliphatic heterocycles. The van der Waals surface area contributed by atoms with Crippen molar-refractivity contribution in [2.24, 2.45) is 0 Å². The summed E-state index contributed by atoms with van der Waals surface area (Å²) in [4.78, 5) is 0. The Balaban J connectivity index is 0.000000921. The minimum atomic E-state index is 1.02. The van der Waals surface area contributed by atoms with E-state index >= 15 is 0 Å². The minimum absolute atomic E-state index is 1.02. The van der Waals surface area contributed by atoms with Crippen LogP contribution in [0.5, 0.6) is 0 Å². The number of allylic oxidation sites excluding steroid dienone is 4. The zero-order valence-corrected chi connectivity index (χ0v) is 9.96. The topological polar surface area (TPSA) is 0 Å². The van der Waals surface area contributed by atoms with Crippen molar-refractivity contribution in [2.75, 3.05) is 0 Å². The van der Waals surface area contributed by atoms with Gasteiger partial charge in [0.25, 0.3) is 0 Å². The summed E-state index contributed by atoms with van der Waals surface area (Å²) in [6.07, 6.45) is 5.60. The molecule has 0 aliphatic rings. The van der Waals surface area contributed by atoms with Gasteiger partial charge in [-0.15, -0.1) is 0 Å². The van der Waals surface area contributed by atoms with Crippen LogP contribution < -0.4 is 0 Å². The van der Waals surface area contributed by atoms with Gasteiger partial charge in [0.15, 0.2) is 0 Å². The van der Waals surface area contributed by atoms with Crippen LogP contribution in [0.4, 0.5) is 0 Å². The Hall–Kier alpha value is -1.56. The van der Waals surface area contributed by atoms with E-state index in [0.717, 1.165) is 11.1 Å². The zero-order valence-electron chi connectivity index (χ0n) is 9.96. The average molecular weight is 200 g/mol. The SMILES string of the molecule is C=C/C=C\C(=C)c1cccc(C)c1.CC. The number of benzene rings is 1. The number of hydrogen-bond acceptors (Lipinski definition) is 0. The second-order valence-electron chi connectivity index (χ2n) is 2.99. The van der Waals surface area contributed by atoms with Crippen LogP contribution in [0.1, 0.15) is 25.0 Å². The summed E-state index contributed by atoms with van der Waals surface area (Å²) in [6.45, 7) is 13.7. The van der Waals surface area contributed by atoms with Crippen molar-refractivity contribution in [3.05, 3.63) is 66.8 Å². The van der Waals surface area contributed by atoms with E-state index in [0.29, 0.717) is 0 Å². The molecule has 1 aromatic carbocycles. The van der Waals surface area contributed by atoms with Gasteiger partial charge in [0.2, 0.25) is 0 Å². The number of aryl methyl sites for hydroxylation is 1. The third kappa shape index (κ3) is 5.02. The van der Waals surface area contributed by atoms with Gasteiger partial charge in [-0.25, -0.2) is 0 Å². The van der Waals surface area contributed by atoms with E-state index < -0.39 is 0 Å². The number of hydrogen-bond donors (Lipinski definition) is 0. The lowest BCUT2D eigenvalue weighted by molar-refractivity contribution is 1.45. The highest BCUT2D eigenvalue weighted by Crippen LogP contribution is 2.14. The molecule has 0 nitrogen and oxygen atoms in total. The third-order valence-corrected chi connectivity index (χ3v) is 1.82. The van der Waals surface area contributed by atoms with Crippen molar-refractivity contribution in [1.29, 1.82) is 0 Å². The molecule has 0 atom stereocenters. The molecule has 0 saturated carbocycles. The Labute approximate surface area is 93.7 Å². The molecule has 15 heavy (non-hydrogen) atoms. The van der Waals surface area contributed by atoms with Gasteiger partial charge >= 0.3 is 0 Å². The van der Waals surface area contributed by atoms with Gasteiger partial charge in [-0.1, -0.05) is 75.1 Å². The summed E-state index contributed by atoms with van der Waals surface area (Å²) in [7, 11) is 0. The summed E-state index contributed by atoms with van der Waals surface area (Å²) in [5.41, 5.74) is 3.44. The standard InChI is InChI=1S/C13H14.C2H6/c1-4-5-8-12(3)13-9-6-7-11(2)10-13;1-2/h4-10H,1,3H2,2H3;1-2H3/b8-5-;. The molecule has 0 N–H and O–H groups in total. The minimum Gasteiger partial charge on any atom is -0.0991 e. The Morgan fingerprint density at radius 3 is 2.47 bits per heavy atom. The van der Waals surface area contributed by atoms with Crippen LogP contribution in [0.3, 0.4) is 0 Å². The molecule has 0 amide bonds. The first-order valence-corrected chi connectivity index (χ1v) is 5.29. The molecule has 0 bridgehead atoms. The van der Waals surface area contributed by atoms with Crippen molar-refractivity contribution in [3.63, 3.8) is 0 Å². The molecule has 0 saturated heterocycles. The lowest BCUT2D eigenvalue weighted by Gasteiger charge is -2.00. The molecule has 0 aliphatic carbocycles. The quantitative estimate of drug-likeness (QED) is 0.616. The molecule has 0 spiro atoms. The van der Waals surface area contributed by atoms with Gasteiger partial charge in [-0.3, -0.25) is 0 Å². The van der Waals surface area contributed by atoms with Crippen molar-refractivity contribution in [2.45, 2.75) is 20.8 Å². The van der Waals surface area contributed by atoms with E-state index in [1.165, 1.54) is 5.56 Å². The molecular formula is C15H20. The predicted molar refractivity (Wildman–Crippen MR) is 70.9 cm³/mol. The van der Waals surface area contributed by atoms with E-state index in [2.05, 4.69) is 38.3 Å². The first kappa shape index (κ1) is 13.4. The van der Waals surface area contributed by atoms with Gasteiger partial charge in [0.05, 0.1) is 0 Å². The molecule has 0 aromatic heterocycles. The maximum atomic E-state index is 3.97. The normalized spacial score (nSPS) is 9.27. The van der Waals surface area contributed by atoms with E-state index in [9.17, 15) is 0 Å². The third-order valence-electron chi connectivity index (χ3n) is 1.82. The van der Waals surface area contributed by atoms with E-state index in [1.54, 1.807) is 6.08 Å². The van der Waals surface area contributed by atoms with Crippen LogP contribution in [-0.4, -0.2) is 0 Å². The van der Waals surface area contributed by atoms with Gasteiger partial charge in [-0.2, -0.15) is 0 Å². The van der Waals surface area contributed by atoms with Crippen LogP contribution in [-0.2, 0) is 0 Å². The van der Waals surface area contributed by atoms with Crippen LogP contribution >= 0.6 is 0 Å². The van der Waals surface area contributed by atoms with Crippen LogP contribution in [0.15, 0.2) is 55.7 Å². The average Bonchev–Trinajstić information content (AvgIpc) is 2.28. The summed E-state index contributed by atoms with van der Waals surface area (Å²) < 4.78 is 0. The van der Waals surface area contributed by atoms with Gasteiger partial charge in [-0.05, 0) is 18.1 Å². The maximum Gasteiger partial charge on any atom is -0.0187 e. The highest BCUT2D eigenvalue weighted by atomic mass is 14.0. The molecular weight excluding hydrogens is 180 g/mol. The largest absolute Gasteiger partial charge is 0.0991 e. The molecule has 80 valence electrons. The molecule has 1 rings (SSSR count). The fraction of sp³-hybridized carbons (Fsp3) is 0.200. The highest BCUT2D eigenvalue weighted by molar-refractivity contribution is 5.72. The van der Waals surface area contributed by atoms with Crippen LogP contribution in [0, 0.1) is 6.92 Å². The molecule has 0 unspecified atom stereocenters. The van der Waals surface area contributed by atoms with Gasteiger partial charge in [0, 0.05) is 0 Å². The second kappa shape index (κ2) is 7.81. The smallest absolute Gasteiger partial charge is 0.0187 e. The molecule has 0 fully saturated rings. The number of rotatable bonds is 3. The van der Waals surface area contributed by atoms with Crippen molar-refractivity contribution in [1.82, 2.24) is 0 Å². The summed E-state index contributed by atoms with van der Waals surface area (Å²) in [5.74, 6) is 0. The summed E-state index contributed by atoms with van der Waals surface area (Å²) >= 11 is 0. The molecule has 0 heterocycles. The maximum absolute atomic E-state index is 3.97. The Kier molecular flexibility index (Phi) is 7.00. The van der Waals surface area contributed by atoms with Gasteiger partial charge in [0.1, 0.15) is 0 Å². The van der Waals surface area contributed by atoms with Crippen LogP contribution in [0.2, 0.25) is 0 Å². The second-order valence-corrected chi connectivity index (χ2v) is 2.99.